The Morgan fingerprint density at radius 2 is 2.00 bits per heavy atom. The van der Waals surface area contributed by atoms with Crippen LogP contribution >= 0.6 is 0 Å². The summed E-state index contributed by atoms with van der Waals surface area (Å²) in [6.45, 7) is 3.58. The number of ether oxygens (including phenoxy) is 1. The second-order valence-corrected chi connectivity index (χ2v) is 3.96. The van der Waals surface area contributed by atoms with E-state index in [1.165, 1.54) is 6.07 Å². The predicted molar refractivity (Wildman–Crippen MR) is 63.0 cm³/mol. The van der Waals surface area contributed by atoms with Gasteiger partial charge in [0.15, 0.2) is 0 Å². The summed E-state index contributed by atoms with van der Waals surface area (Å²) in [7, 11) is 0. The van der Waals surface area contributed by atoms with Gasteiger partial charge in [0.1, 0.15) is 5.58 Å². The molecule has 0 amide bonds. The molecular formula is C13H12O4. The Morgan fingerprint density at radius 1 is 1.24 bits per heavy atom. The number of hydrogen-bond acceptors (Lipinski definition) is 4. The number of fused-ring (bicyclic) bond motifs is 1. The van der Waals surface area contributed by atoms with E-state index in [2.05, 4.69) is 0 Å². The first-order valence-electron chi connectivity index (χ1n) is 5.31. The molecule has 0 saturated carbocycles. The van der Waals surface area contributed by atoms with Gasteiger partial charge in [0.2, 0.25) is 0 Å². The number of hydrogen-bond donors (Lipinski definition) is 0. The fourth-order valence-corrected chi connectivity index (χ4v) is 1.48. The minimum absolute atomic E-state index is 0.160. The molecular weight excluding hydrogens is 220 g/mol. The number of esters is 1. The second-order valence-electron chi connectivity index (χ2n) is 3.96. The minimum Gasteiger partial charge on any atom is -0.459 e. The van der Waals surface area contributed by atoms with Crippen LogP contribution in [0.2, 0.25) is 0 Å². The van der Waals surface area contributed by atoms with Crippen LogP contribution in [0.4, 0.5) is 0 Å². The van der Waals surface area contributed by atoms with E-state index in [1.54, 1.807) is 38.1 Å². The summed E-state index contributed by atoms with van der Waals surface area (Å²) in [5.74, 6) is -0.381. The molecule has 0 aliphatic heterocycles. The number of rotatable bonds is 2. The van der Waals surface area contributed by atoms with Crippen molar-refractivity contribution in [2.45, 2.75) is 20.0 Å². The van der Waals surface area contributed by atoms with Crippen molar-refractivity contribution in [2.24, 2.45) is 0 Å². The first kappa shape index (κ1) is 11.4. The van der Waals surface area contributed by atoms with Crippen LogP contribution in [0, 0.1) is 0 Å². The Labute approximate surface area is 97.8 Å². The van der Waals surface area contributed by atoms with Crippen molar-refractivity contribution in [2.75, 3.05) is 0 Å². The molecule has 2 rings (SSSR count). The van der Waals surface area contributed by atoms with Crippen LogP contribution in [0.1, 0.15) is 24.2 Å². The standard InChI is InChI=1S/C13H12O4/c1-8(2)16-13(15)10-3-5-11-9(7-10)4-6-12(14)17-11/h3-8H,1-2H3. The Balaban J connectivity index is 2.41. The van der Waals surface area contributed by atoms with Gasteiger partial charge in [-0.1, -0.05) is 0 Å². The highest BCUT2D eigenvalue weighted by atomic mass is 16.5. The third kappa shape index (κ3) is 2.53. The molecule has 0 saturated heterocycles. The summed E-state index contributed by atoms with van der Waals surface area (Å²) in [5, 5.41) is 0.697. The van der Waals surface area contributed by atoms with Crippen molar-refractivity contribution in [3.8, 4) is 0 Å². The lowest BCUT2D eigenvalue weighted by Crippen LogP contribution is -2.11. The largest absolute Gasteiger partial charge is 0.459 e. The first-order chi connectivity index (χ1) is 8.06. The lowest BCUT2D eigenvalue weighted by molar-refractivity contribution is 0.0378. The van der Waals surface area contributed by atoms with Gasteiger partial charge in [-0.15, -0.1) is 0 Å². The van der Waals surface area contributed by atoms with Crippen LogP contribution in [0.5, 0.6) is 0 Å². The zero-order chi connectivity index (χ0) is 12.4. The monoisotopic (exact) mass is 232 g/mol. The Morgan fingerprint density at radius 3 is 2.71 bits per heavy atom. The van der Waals surface area contributed by atoms with E-state index in [0.29, 0.717) is 16.5 Å². The van der Waals surface area contributed by atoms with Crippen molar-refractivity contribution in [3.63, 3.8) is 0 Å². The molecule has 17 heavy (non-hydrogen) atoms. The van der Waals surface area contributed by atoms with Crippen LogP contribution in [0.15, 0.2) is 39.5 Å². The quantitative estimate of drug-likeness (QED) is 0.589. The van der Waals surface area contributed by atoms with Crippen molar-refractivity contribution in [1.82, 2.24) is 0 Å². The maximum absolute atomic E-state index is 11.7. The highest BCUT2D eigenvalue weighted by molar-refractivity contribution is 5.94. The van der Waals surface area contributed by atoms with Crippen LogP contribution < -0.4 is 5.63 Å². The summed E-state index contributed by atoms with van der Waals surface area (Å²) in [4.78, 5) is 22.6. The second kappa shape index (κ2) is 4.41. The third-order valence-electron chi connectivity index (χ3n) is 2.20. The Bertz CT molecular complexity index is 610. The molecule has 0 atom stereocenters. The molecule has 0 radical (unpaired) electrons. The summed E-state index contributed by atoms with van der Waals surface area (Å²) >= 11 is 0. The molecule has 4 nitrogen and oxygen atoms in total. The molecule has 88 valence electrons. The highest BCUT2D eigenvalue weighted by Gasteiger charge is 2.10. The number of carbonyl (C=O) groups excluding carboxylic acids is 1. The first-order valence-corrected chi connectivity index (χ1v) is 5.31. The average molecular weight is 232 g/mol. The van der Waals surface area contributed by atoms with Gasteiger partial charge in [0.05, 0.1) is 11.7 Å². The average Bonchev–Trinajstić information content (AvgIpc) is 2.27. The van der Waals surface area contributed by atoms with Crippen molar-refractivity contribution < 1.29 is 13.9 Å². The van der Waals surface area contributed by atoms with Gasteiger partial charge in [-0.25, -0.2) is 9.59 Å². The van der Waals surface area contributed by atoms with E-state index in [9.17, 15) is 9.59 Å². The van der Waals surface area contributed by atoms with Gasteiger partial charge >= 0.3 is 11.6 Å². The van der Waals surface area contributed by atoms with Gasteiger partial charge in [0.25, 0.3) is 0 Å². The molecule has 0 aliphatic rings. The van der Waals surface area contributed by atoms with E-state index < -0.39 is 5.63 Å². The normalized spacial score (nSPS) is 10.8. The van der Waals surface area contributed by atoms with E-state index in [1.807, 2.05) is 0 Å². The van der Waals surface area contributed by atoms with Crippen LogP contribution in [0.25, 0.3) is 11.0 Å². The van der Waals surface area contributed by atoms with Gasteiger partial charge in [-0.2, -0.15) is 0 Å². The zero-order valence-corrected chi connectivity index (χ0v) is 9.60. The van der Waals surface area contributed by atoms with E-state index >= 15 is 0 Å². The van der Waals surface area contributed by atoms with Crippen molar-refractivity contribution in [1.29, 1.82) is 0 Å². The third-order valence-corrected chi connectivity index (χ3v) is 2.20. The lowest BCUT2D eigenvalue weighted by atomic mass is 10.1. The summed E-state index contributed by atoms with van der Waals surface area (Å²) in [5.41, 5.74) is 0.494. The number of benzene rings is 1. The summed E-state index contributed by atoms with van der Waals surface area (Å²) in [6, 6.07) is 7.75. The maximum Gasteiger partial charge on any atom is 0.338 e. The van der Waals surface area contributed by atoms with Gasteiger partial charge in [-0.05, 0) is 38.1 Å². The molecule has 0 spiro atoms. The molecule has 0 N–H and O–H groups in total. The summed E-state index contributed by atoms with van der Waals surface area (Å²) < 4.78 is 10.0. The fourth-order valence-electron chi connectivity index (χ4n) is 1.48. The van der Waals surface area contributed by atoms with E-state index in [4.69, 9.17) is 9.15 Å². The van der Waals surface area contributed by atoms with Gasteiger partial charge < -0.3 is 9.15 Å². The van der Waals surface area contributed by atoms with Crippen LogP contribution in [0.3, 0.4) is 0 Å². The Hall–Kier alpha value is -2.10. The highest BCUT2D eigenvalue weighted by Crippen LogP contribution is 2.15. The van der Waals surface area contributed by atoms with E-state index in [0.717, 1.165) is 0 Å². The molecule has 0 aliphatic carbocycles. The van der Waals surface area contributed by atoms with Crippen molar-refractivity contribution >= 4 is 16.9 Å². The molecule has 1 aromatic heterocycles. The molecule has 2 aromatic rings. The topological polar surface area (TPSA) is 56.5 Å². The maximum atomic E-state index is 11.7. The minimum atomic E-state index is -0.407. The van der Waals surface area contributed by atoms with Gasteiger partial charge in [0, 0.05) is 11.5 Å². The van der Waals surface area contributed by atoms with Crippen molar-refractivity contribution in [3.05, 3.63) is 46.3 Å². The smallest absolute Gasteiger partial charge is 0.338 e. The molecule has 0 bridgehead atoms. The molecule has 1 aromatic carbocycles. The number of carbonyl (C=O) groups is 1. The molecule has 0 unspecified atom stereocenters. The molecule has 1 heterocycles. The van der Waals surface area contributed by atoms with Gasteiger partial charge in [-0.3, -0.25) is 0 Å². The Kier molecular flexibility index (Phi) is 2.95. The SMILES string of the molecule is CC(C)OC(=O)c1ccc2oc(=O)ccc2c1. The molecule has 4 heteroatoms. The fraction of sp³-hybridized carbons (Fsp3) is 0.231. The predicted octanol–water partition coefficient (Wildman–Crippen LogP) is 2.36. The van der Waals surface area contributed by atoms with E-state index in [-0.39, 0.29) is 12.1 Å². The lowest BCUT2D eigenvalue weighted by Gasteiger charge is -2.07. The van der Waals surface area contributed by atoms with Crippen LogP contribution in [-0.4, -0.2) is 12.1 Å². The molecule has 0 fully saturated rings. The summed E-state index contributed by atoms with van der Waals surface area (Å²) in [6.07, 6.45) is -0.160. The zero-order valence-electron chi connectivity index (χ0n) is 9.60. The van der Waals surface area contributed by atoms with Crippen LogP contribution in [-0.2, 0) is 4.74 Å².